The Hall–Kier alpha value is -2.16. The number of hydrogen-bond acceptors (Lipinski definition) is 2. The van der Waals surface area contributed by atoms with E-state index in [1.807, 2.05) is 32.1 Å². The molecule has 0 heterocycles. The molecule has 3 aromatic rings. The van der Waals surface area contributed by atoms with Gasteiger partial charge in [-0.25, -0.2) is 0 Å². The van der Waals surface area contributed by atoms with Crippen molar-refractivity contribution in [2.75, 3.05) is 0 Å². The molecule has 0 unspecified atom stereocenters. The van der Waals surface area contributed by atoms with Crippen molar-refractivity contribution in [3.63, 3.8) is 0 Å². The van der Waals surface area contributed by atoms with Gasteiger partial charge in [-0.1, -0.05) is 91.0 Å². The van der Waals surface area contributed by atoms with Gasteiger partial charge in [-0.15, -0.1) is 0 Å². The van der Waals surface area contributed by atoms with Gasteiger partial charge in [-0.2, -0.15) is 0 Å². The van der Waals surface area contributed by atoms with Crippen LogP contribution in [0.3, 0.4) is 0 Å². The van der Waals surface area contributed by atoms with E-state index in [0.29, 0.717) is 0 Å². The fraction of sp³-hybridized carbons (Fsp3) is 0. The Morgan fingerprint density at radius 3 is 0.931 bits per heavy atom. The molecular formula is C24H20N2OPRe-2. The molecule has 1 aliphatic rings. The van der Waals surface area contributed by atoms with E-state index in [1.165, 1.54) is 15.9 Å². The summed E-state index contributed by atoms with van der Waals surface area (Å²) in [6, 6.07) is 32.3. The number of rotatable bonds is 3. The molecule has 4 rings (SSSR count). The number of hydrogen-bond donors (Lipinski definition) is 0. The first kappa shape index (κ1) is 26.8. The minimum Gasteiger partial charge on any atom is -0.577 e. The monoisotopic (exact) mass is 570 g/mol. The van der Waals surface area contributed by atoms with Crippen molar-refractivity contribution in [3.05, 3.63) is 140 Å². The standard InChI is InChI=1S/C18H15P.C5H5.CN.NO.Re/c1-4-10-16(11-5-1)19(17-12-6-2-7-13-17)18-14-8-3-9-15-18;1-2-4-5-3-1;2*1-2;/h1-15H;1-5H;;;/q;;2*-1;. The molecular weight excluding hydrogens is 549 g/mol. The third-order valence-electron chi connectivity index (χ3n) is 3.60. The second-order valence-corrected chi connectivity index (χ2v) is 7.52. The first-order chi connectivity index (χ1) is 13.9. The minimum absolute atomic E-state index is 0. The molecule has 0 spiro atoms. The summed E-state index contributed by atoms with van der Waals surface area (Å²) in [5.41, 5.74) is 5.75. The summed E-state index contributed by atoms with van der Waals surface area (Å²) in [6.45, 7) is 4.75. The molecule has 3 nitrogen and oxygen atoms in total. The van der Waals surface area contributed by atoms with Gasteiger partial charge in [0.05, 0.1) is 0 Å². The van der Waals surface area contributed by atoms with Crippen molar-refractivity contribution in [1.82, 2.24) is 0 Å². The predicted molar refractivity (Wildman–Crippen MR) is 118 cm³/mol. The zero-order chi connectivity index (χ0) is 20.5. The summed E-state index contributed by atoms with van der Waals surface area (Å²) in [5.74, 6) is 0. The molecule has 6 radical (unpaired) electrons. The normalized spacial score (nSPS) is 11.3. The molecule has 1 saturated carbocycles. The first-order valence-corrected chi connectivity index (χ1v) is 9.82. The molecule has 0 saturated heterocycles. The Bertz CT molecular complexity index is 664. The molecule has 0 atom stereocenters. The Labute approximate surface area is 189 Å². The Balaban J connectivity index is 0.000000667. The Morgan fingerprint density at radius 1 is 0.517 bits per heavy atom. The van der Waals surface area contributed by atoms with E-state index in [1.54, 1.807) is 0 Å². The maximum Gasteiger partial charge on any atom is 0 e. The van der Waals surface area contributed by atoms with Crippen molar-refractivity contribution in [3.8, 4) is 0 Å². The zero-order valence-corrected chi connectivity index (χ0v) is 19.3. The van der Waals surface area contributed by atoms with Gasteiger partial charge in [0.2, 0.25) is 0 Å². The molecule has 0 aromatic heterocycles. The van der Waals surface area contributed by atoms with Crippen LogP contribution < -0.4 is 15.9 Å². The number of nitrogens with zero attached hydrogens (tertiary/aromatic N) is 2. The average Bonchev–Trinajstić information content (AvgIpc) is 3.39. The predicted octanol–water partition coefficient (Wildman–Crippen LogP) is 4.88. The molecule has 0 aliphatic heterocycles. The van der Waals surface area contributed by atoms with Gasteiger partial charge in [-0.05, 0) is 55.9 Å². The van der Waals surface area contributed by atoms with Crippen molar-refractivity contribution >= 4 is 23.8 Å². The van der Waals surface area contributed by atoms with Gasteiger partial charge in [0, 0.05) is 20.4 Å². The van der Waals surface area contributed by atoms with Crippen molar-refractivity contribution in [2.24, 2.45) is 0 Å². The molecule has 29 heavy (non-hydrogen) atoms. The van der Waals surface area contributed by atoms with E-state index in [0.717, 1.165) is 0 Å². The molecule has 146 valence electrons. The largest absolute Gasteiger partial charge is 0.577 e. The van der Waals surface area contributed by atoms with Crippen LogP contribution in [0, 0.1) is 48.8 Å². The van der Waals surface area contributed by atoms with E-state index in [2.05, 4.69) is 91.0 Å². The molecule has 5 heteroatoms. The topological polar surface area (TPSA) is 63.2 Å². The van der Waals surface area contributed by atoms with Crippen LogP contribution in [0.5, 0.6) is 0 Å². The van der Waals surface area contributed by atoms with E-state index in [9.17, 15) is 0 Å². The quantitative estimate of drug-likeness (QED) is 0.334. The zero-order valence-electron chi connectivity index (χ0n) is 15.7. The van der Waals surface area contributed by atoms with Crippen LogP contribution in [0.4, 0.5) is 0 Å². The molecule has 0 amide bonds. The first-order valence-electron chi connectivity index (χ1n) is 8.48. The summed E-state index contributed by atoms with van der Waals surface area (Å²) < 4.78 is 0. The molecule has 1 fully saturated rings. The summed E-state index contributed by atoms with van der Waals surface area (Å²) in [5, 5.41) is 10.4. The van der Waals surface area contributed by atoms with Gasteiger partial charge in [-0.3, -0.25) is 0 Å². The van der Waals surface area contributed by atoms with Crippen LogP contribution in [0.1, 0.15) is 0 Å². The van der Waals surface area contributed by atoms with E-state index in [-0.39, 0.29) is 20.4 Å². The smallest absolute Gasteiger partial charge is 0 e. The second-order valence-electron chi connectivity index (χ2n) is 5.30. The van der Waals surface area contributed by atoms with Gasteiger partial charge >= 0.3 is 0 Å². The van der Waals surface area contributed by atoms with Crippen molar-refractivity contribution in [1.29, 1.82) is 5.26 Å². The molecule has 0 bridgehead atoms. The van der Waals surface area contributed by atoms with Crippen LogP contribution in [-0.2, 0) is 20.4 Å². The van der Waals surface area contributed by atoms with Crippen LogP contribution in [0.2, 0.25) is 0 Å². The summed E-state index contributed by atoms with van der Waals surface area (Å²) in [6.07, 6.45) is 10.0. The van der Waals surface area contributed by atoms with Gasteiger partial charge in [0.15, 0.2) is 0 Å². The number of nitroso groups, excluding NO2 is 1. The summed E-state index contributed by atoms with van der Waals surface area (Å²) in [4.78, 5) is 7.25. The third-order valence-corrected chi connectivity index (χ3v) is 6.04. The fourth-order valence-electron chi connectivity index (χ4n) is 2.50. The van der Waals surface area contributed by atoms with E-state index < -0.39 is 7.92 Å². The fourth-order valence-corrected chi connectivity index (χ4v) is 4.80. The number of benzene rings is 3. The average molecular weight is 570 g/mol. The van der Waals surface area contributed by atoms with Crippen molar-refractivity contribution < 1.29 is 20.4 Å². The van der Waals surface area contributed by atoms with E-state index in [4.69, 9.17) is 22.3 Å². The van der Waals surface area contributed by atoms with Crippen LogP contribution >= 0.6 is 7.92 Å². The van der Waals surface area contributed by atoms with Crippen LogP contribution in [-0.4, -0.2) is 0 Å². The van der Waals surface area contributed by atoms with Gasteiger partial charge < -0.3 is 22.3 Å². The minimum atomic E-state index is -0.446. The summed E-state index contributed by atoms with van der Waals surface area (Å²) >= 11 is 0. The second kappa shape index (κ2) is 17.9. The SMILES string of the molecule is [C-]#N.[CH]1[CH][CH][CH][CH]1.[N-]=O.[Re].c1ccc(P(c2ccccc2)c2ccccc2)cc1. The molecule has 1 aliphatic carbocycles. The summed E-state index contributed by atoms with van der Waals surface area (Å²) in [7, 11) is -0.446. The Kier molecular flexibility index (Phi) is 16.6. The molecule has 0 N–H and O–H groups in total. The van der Waals surface area contributed by atoms with Gasteiger partial charge in [0.25, 0.3) is 0 Å². The van der Waals surface area contributed by atoms with Crippen molar-refractivity contribution in [2.45, 2.75) is 0 Å². The van der Waals surface area contributed by atoms with E-state index >= 15 is 0 Å². The van der Waals surface area contributed by atoms with Crippen LogP contribution in [0.25, 0.3) is 5.59 Å². The van der Waals surface area contributed by atoms with Crippen LogP contribution in [0.15, 0.2) is 91.0 Å². The Morgan fingerprint density at radius 2 is 0.724 bits per heavy atom. The maximum atomic E-state index is 7.25. The maximum absolute atomic E-state index is 7.25. The van der Waals surface area contributed by atoms with Gasteiger partial charge in [0.1, 0.15) is 0 Å². The molecule has 3 aromatic carbocycles. The third kappa shape index (κ3) is 9.74.